The number of fused-ring (bicyclic) bond motifs is 2. The molecule has 0 saturated heterocycles. The van der Waals surface area contributed by atoms with E-state index in [1.54, 1.807) is 0 Å². The summed E-state index contributed by atoms with van der Waals surface area (Å²) in [6, 6.07) is 0. The largest absolute Gasteiger partial charge is 0.469 e. The molecule has 2 saturated carbocycles. The number of rotatable bonds is 1. The molecule has 0 heterocycles. The molecule has 2 aliphatic rings. The Hall–Kier alpha value is -0.570. The van der Waals surface area contributed by atoms with E-state index in [-0.39, 0.29) is 17.4 Å². The zero-order valence-corrected chi connectivity index (χ0v) is 8.79. The van der Waals surface area contributed by atoms with Gasteiger partial charge in [-0.1, -0.05) is 6.42 Å². The SMILES string of the molecule is COC(=O)C1CCC2(N)CCCC1C2. The van der Waals surface area contributed by atoms with E-state index in [4.69, 9.17) is 10.5 Å². The lowest BCUT2D eigenvalue weighted by Gasteiger charge is -2.45. The Balaban J connectivity index is 2.07. The van der Waals surface area contributed by atoms with Crippen molar-refractivity contribution < 1.29 is 9.53 Å². The Bertz CT molecular complexity index is 241. The highest BCUT2D eigenvalue weighted by molar-refractivity contribution is 5.72. The summed E-state index contributed by atoms with van der Waals surface area (Å²) in [7, 11) is 1.48. The van der Waals surface area contributed by atoms with Crippen LogP contribution in [0.25, 0.3) is 0 Å². The maximum absolute atomic E-state index is 11.5. The number of hydrogen-bond acceptors (Lipinski definition) is 3. The van der Waals surface area contributed by atoms with Crippen molar-refractivity contribution in [2.75, 3.05) is 7.11 Å². The topological polar surface area (TPSA) is 52.3 Å². The minimum absolute atomic E-state index is 0.0287. The van der Waals surface area contributed by atoms with Crippen LogP contribution in [0.4, 0.5) is 0 Å². The highest BCUT2D eigenvalue weighted by atomic mass is 16.5. The van der Waals surface area contributed by atoms with Gasteiger partial charge in [0.2, 0.25) is 0 Å². The third-order valence-corrected chi connectivity index (χ3v) is 3.94. The molecular weight excluding hydrogens is 178 g/mol. The molecule has 2 bridgehead atoms. The monoisotopic (exact) mass is 197 g/mol. The number of ether oxygens (including phenoxy) is 1. The molecular formula is C11H19NO2. The van der Waals surface area contributed by atoms with Crippen LogP contribution in [0.3, 0.4) is 0 Å². The van der Waals surface area contributed by atoms with Crippen LogP contribution in [0.15, 0.2) is 0 Å². The van der Waals surface area contributed by atoms with Gasteiger partial charge in [0.15, 0.2) is 0 Å². The van der Waals surface area contributed by atoms with E-state index in [0.29, 0.717) is 5.92 Å². The Kier molecular flexibility index (Phi) is 2.52. The molecule has 3 atom stereocenters. The molecule has 0 aromatic heterocycles. The van der Waals surface area contributed by atoms with Crippen LogP contribution in [0, 0.1) is 11.8 Å². The molecule has 3 nitrogen and oxygen atoms in total. The van der Waals surface area contributed by atoms with E-state index in [9.17, 15) is 4.79 Å². The van der Waals surface area contributed by atoms with Crippen molar-refractivity contribution in [3.05, 3.63) is 0 Å². The quantitative estimate of drug-likeness (QED) is 0.647. The van der Waals surface area contributed by atoms with Crippen molar-refractivity contribution in [3.63, 3.8) is 0 Å². The normalized spacial score (nSPS) is 41.9. The van der Waals surface area contributed by atoms with Gasteiger partial charge in [-0.25, -0.2) is 0 Å². The summed E-state index contributed by atoms with van der Waals surface area (Å²) in [5, 5.41) is 0. The third-order valence-electron chi connectivity index (χ3n) is 3.94. The number of methoxy groups -OCH3 is 1. The summed E-state index contributed by atoms with van der Waals surface area (Å²) in [4.78, 5) is 11.5. The molecule has 0 aliphatic heterocycles. The number of esters is 1. The Morgan fingerprint density at radius 3 is 2.93 bits per heavy atom. The second kappa shape index (κ2) is 3.54. The van der Waals surface area contributed by atoms with Gasteiger partial charge in [-0.05, 0) is 38.0 Å². The maximum atomic E-state index is 11.5. The zero-order valence-electron chi connectivity index (χ0n) is 8.79. The van der Waals surface area contributed by atoms with Crippen LogP contribution in [-0.2, 0) is 9.53 Å². The van der Waals surface area contributed by atoms with Gasteiger partial charge in [0.05, 0.1) is 13.0 Å². The lowest BCUT2D eigenvalue weighted by atomic mass is 9.63. The first kappa shape index (κ1) is 9.97. The fourth-order valence-electron chi connectivity index (χ4n) is 3.15. The van der Waals surface area contributed by atoms with Gasteiger partial charge < -0.3 is 10.5 Å². The molecule has 14 heavy (non-hydrogen) atoms. The average molecular weight is 197 g/mol. The molecule has 2 aliphatic carbocycles. The van der Waals surface area contributed by atoms with Crippen LogP contribution >= 0.6 is 0 Å². The molecule has 0 radical (unpaired) electrons. The van der Waals surface area contributed by atoms with Gasteiger partial charge in [-0.2, -0.15) is 0 Å². The summed E-state index contributed by atoms with van der Waals surface area (Å²) in [5.74, 6) is 0.575. The molecule has 0 amide bonds. The zero-order chi connectivity index (χ0) is 10.2. The molecule has 3 unspecified atom stereocenters. The summed E-state index contributed by atoms with van der Waals surface area (Å²) >= 11 is 0. The second-order valence-electron chi connectivity index (χ2n) is 4.89. The maximum Gasteiger partial charge on any atom is 0.308 e. The summed E-state index contributed by atoms with van der Waals surface area (Å²) in [6.07, 6.45) is 6.40. The fraction of sp³-hybridized carbons (Fsp3) is 0.909. The van der Waals surface area contributed by atoms with E-state index >= 15 is 0 Å². The first-order valence-electron chi connectivity index (χ1n) is 5.51. The molecule has 0 aromatic carbocycles. The first-order chi connectivity index (χ1) is 6.64. The van der Waals surface area contributed by atoms with Crippen LogP contribution in [0.5, 0.6) is 0 Å². The number of carbonyl (C=O) groups excluding carboxylic acids is 1. The van der Waals surface area contributed by atoms with Crippen LogP contribution in [0.1, 0.15) is 38.5 Å². The Morgan fingerprint density at radius 2 is 2.21 bits per heavy atom. The van der Waals surface area contributed by atoms with Gasteiger partial charge in [0.25, 0.3) is 0 Å². The van der Waals surface area contributed by atoms with E-state index in [0.717, 1.165) is 32.1 Å². The molecule has 2 N–H and O–H groups in total. The first-order valence-corrected chi connectivity index (χ1v) is 5.51. The van der Waals surface area contributed by atoms with Crippen LogP contribution < -0.4 is 5.73 Å². The smallest absolute Gasteiger partial charge is 0.308 e. The molecule has 3 heteroatoms. The van der Waals surface area contributed by atoms with Crippen LogP contribution in [0.2, 0.25) is 0 Å². The lowest BCUT2D eigenvalue weighted by molar-refractivity contribution is -0.150. The van der Waals surface area contributed by atoms with Gasteiger partial charge in [0, 0.05) is 5.54 Å². The minimum atomic E-state index is -0.0287. The molecule has 2 fully saturated rings. The van der Waals surface area contributed by atoms with Crippen LogP contribution in [-0.4, -0.2) is 18.6 Å². The van der Waals surface area contributed by atoms with Crippen molar-refractivity contribution >= 4 is 5.97 Å². The predicted octanol–water partition coefficient (Wildman–Crippen LogP) is 1.46. The summed E-state index contributed by atoms with van der Waals surface area (Å²) in [6.45, 7) is 0. The number of carbonyl (C=O) groups is 1. The summed E-state index contributed by atoms with van der Waals surface area (Å²) in [5.41, 5.74) is 6.29. The molecule has 0 spiro atoms. The van der Waals surface area contributed by atoms with E-state index in [2.05, 4.69) is 0 Å². The average Bonchev–Trinajstić information content (AvgIpc) is 2.16. The highest BCUT2D eigenvalue weighted by Crippen LogP contribution is 2.44. The van der Waals surface area contributed by atoms with Crippen molar-refractivity contribution in [2.45, 2.75) is 44.1 Å². The Labute approximate surface area is 85.0 Å². The van der Waals surface area contributed by atoms with Crippen molar-refractivity contribution in [2.24, 2.45) is 17.6 Å². The standard InChI is InChI=1S/C11H19NO2/c1-14-10(13)9-4-6-11(12)5-2-3-8(9)7-11/h8-9H,2-7,12H2,1H3. The number of nitrogens with two attached hydrogens (primary N) is 1. The van der Waals surface area contributed by atoms with Crippen molar-refractivity contribution in [1.82, 2.24) is 0 Å². The van der Waals surface area contributed by atoms with Crippen molar-refractivity contribution in [3.8, 4) is 0 Å². The fourth-order valence-corrected chi connectivity index (χ4v) is 3.15. The van der Waals surface area contributed by atoms with E-state index in [1.165, 1.54) is 13.5 Å². The third kappa shape index (κ3) is 1.65. The molecule has 0 aromatic rings. The van der Waals surface area contributed by atoms with Gasteiger partial charge in [-0.3, -0.25) is 4.79 Å². The highest BCUT2D eigenvalue weighted by Gasteiger charge is 2.43. The van der Waals surface area contributed by atoms with Crippen molar-refractivity contribution in [1.29, 1.82) is 0 Å². The van der Waals surface area contributed by atoms with E-state index < -0.39 is 0 Å². The van der Waals surface area contributed by atoms with Gasteiger partial charge in [-0.15, -0.1) is 0 Å². The molecule has 80 valence electrons. The predicted molar refractivity (Wildman–Crippen MR) is 53.6 cm³/mol. The van der Waals surface area contributed by atoms with Gasteiger partial charge in [0.1, 0.15) is 0 Å². The van der Waals surface area contributed by atoms with Gasteiger partial charge >= 0.3 is 5.97 Å². The Morgan fingerprint density at radius 1 is 1.43 bits per heavy atom. The minimum Gasteiger partial charge on any atom is -0.469 e. The lowest BCUT2D eigenvalue weighted by Crippen LogP contribution is -2.50. The molecule has 2 rings (SSSR count). The number of hydrogen-bond donors (Lipinski definition) is 1. The second-order valence-corrected chi connectivity index (χ2v) is 4.89. The van der Waals surface area contributed by atoms with E-state index in [1.807, 2.05) is 0 Å². The summed E-state index contributed by atoms with van der Waals surface area (Å²) < 4.78 is 4.83.